The second-order valence-corrected chi connectivity index (χ2v) is 7.06. The Bertz CT molecular complexity index is 538. The summed E-state index contributed by atoms with van der Waals surface area (Å²) in [6.07, 6.45) is 3.40. The maximum Gasteiger partial charge on any atom is 0.237 e. The molecule has 0 bridgehead atoms. The zero-order valence-electron chi connectivity index (χ0n) is 14.3. The van der Waals surface area contributed by atoms with E-state index in [1.807, 2.05) is 0 Å². The van der Waals surface area contributed by atoms with Gasteiger partial charge in [-0.25, -0.2) is 0 Å². The van der Waals surface area contributed by atoms with Crippen LogP contribution in [0.3, 0.4) is 0 Å². The lowest BCUT2D eigenvalue weighted by Crippen LogP contribution is -2.52. The van der Waals surface area contributed by atoms with Crippen molar-refractivity contribution in [2.45, 2.75) is 51.8 Å². The van der Waals surface area contributed by atoms with Crippen LogP contribution in [0.2, 0.25) is 0 Å². The highest BCUT2D eigenvalue weighted by Crippen LogP contribution is 2.23. The predicted molar refractivity (Wildman–Crippen MR) is 91.2 cm³/mol. The number of carbonyl (C=O) groups is 1. The average Bonchev–Trinajstić information content (AvgIpc) is 3.06. The van der Waals surface area contributed by atoms with Gasteiger partial charge in [0.1, 0.15) is 0 Å². The molecule has 2 heterocycles. The second kappa shape index (κ2) is 7.45. The average molecular weight is 316 g/mol. The van der Waals surface area contributed by atoms with Gasteiger partial charge in [0.05, 0.1) is 12.1 Å². The van der Waals surface area contributed by atoms with Crippen LogP contribution in [-0.4, -0.2) is 42.6 Å². The standard InChI is InChI=1S/C19H28N2O2/c1-14(2)18(19(22)20-12-17-8-5-11-23-17)21-10-9-15-6-3-4-7-16(15)13-21/h3-4,6-7,14,17-18H,5,8-13H2,1-2H3,(H,20,22)/t17-,18+/m1/s1. The summed E-state index contributed by atoms with van der Waals surface area (Å²) >= 11 is 0. The number of hydrogen-bond acceptors (Lipinski definition) is 3. The molecule has 1 saturated heterocycles. The minimum absolute atomic E-state index is 0.0650. The Morgan fingerprint density at radius 2 is 2.13 bits per heavy atom. The van der Waals surface area contributed by atoms with Gasteiger partial charge < -0.3 is 10.1 Å². The van der Waals surface area contributed by atoms with E-state index in [1.54, 1.807) is 0 Å². The van der Waals surface area contributed by atoms with Crippen LogP contribution < -0.4 is 5.32 Å². The number of amides is 1. The van der Waals surface area contributed by atoms with Crippen LogP contribution in [0.5, 0.6) is 0 Å². The van der Waals surface area contributed by atoms with Gasteiger partial charge in [0.2, 0.25) is 5.91 Å². The molecule has 23 heavy (non-hydrogen) atoms. The fourth-order valence-corrected chi connectivity index (χ4v) is 3.77. The molecule has 1 fully saturated rings. The number of rotatable bonds is 5. The van der Waals surface area contributed by atoms with Crippen molar-refractivity contribution < 1.29 is 9.53 Å². The maximum absolute atomic E-state index is 12.7. The SMILES string of the molecule is CC(C)[C@@H](C(=O)NC[C@H]1CCCO1)N1CCc2ccccc2C1. The number of carbonyl (C=O) groups excluding carboxylic acids is 1. The molecule has 0 spiro atoms. The fourth-order valence-electron chi connectivity index (χ4n) is 3.77. The van der Waals surface area contributed by atoms with E-state index in [4.69, 9.17) is 4.74 Å². The highest BCUT2D eigenvalue weighted by atomic mass is 16.5. The number of fused-ring (bicyclic) bond motifs is 1. The third-order valence-corrected chi connectivity index (χ3v) is 4.98. The number of benzene rings is 1. The van der Waals surface area contributed by atoms with Crippen LogP contribution in [0.25, 0.3) is 0 Å². The van der Waals surface area contributed by atoms with Crippen LogP contribution >= 0.6 is 0 Å². The lowest BCUT2D eigenvalue weighted by Gasteiger charge is -2.37. The van der Waals surface area contributed by atoms with Gasteiger partial charge >= 0.3 is 0 Å². The monoisotopic (exact) mass is 316 g/mol. The van der Waals surface area contributed by atoms with Gasteiger partial charge in [-0.2, -0.15) is 0 Å². The molecule has 1 amide bonds. The van der Waals surface area contributed by atoms with E-state index < -0.39 is 0 Å². The number of nitrogens with one attached hydrogen (secondary N) is 1. The Morgan fingerprint density at radius 1 is 1.35 bits per heavy atom. The topological polar surface area (TPSA) is 41.6 Å². The fraction of sp³-hybridized carbons (Fsp3) is 0.632. The van der Waals surface area contributed by atoms with Crippen molar-refractivity contribution in [2.24, 2.45) is 5.92 Å². The molecule has 1 N–H and O–H groups in total. The Kier molecular flexibility index (Phi) is 5.34. The van der Waals surface area contributed by atoms with Gasteiger partial charge in [0.25, 0.3) is 0 Å². The van der Waals surface area contributed by atoms with Gasteiger partial charge in [-0.1, -0.05) is 38.1 Å². The zero-order valence-corrected chi connectivity index (χ0v) is 14.3. The smallest absolute Gasteiger partial charge is 0.237 e. The van der Waals surface area contributed by atoms with Crippen molar-refractivity contribution in [3.63, 3.8) is 0 Å². The molecule has 4 nitrogen and oxygen atoms in total. The summed E-state index contributed by atoms with van der Waals surface area (Å²) in [5, 5.41) is 3.12. The lowest BCUT2D eigenvalue weighted by atomic mass is 9.94. The quantitative estimate of drug-likeness (QED) is 0.907. The number of hydrogen-bond donors (Lipinski definition) is 1. The maximum atomic E-state index is 12.7. The Hall–Kier alpha value is -1.39. The van der Waals surface area contributed by atoms with E-state index in [0.717, 1.165) is 39.0 Å². The molecule has 4 heteroatoms. The van der Waals surface area contributed by atoms with E-state index in [2.05, 4.69) is 48.3 Å². The third-order valence-electron chi connectivity index (χ3n) is 4.98. The van der Waals surface area contributed by atoms with Crippen LogP contribution in [0.1, 0.15) is 37.8 Å². The largest absolute Gasteiger partial charge is 0.376 e. The summed E-state index contributed by atoms with van der Waals surface area (Å²) in [5.41, 5.74) is 2.78. The molecule has 126 valence electrons. The minimum Gasteiger partial charge on any atom is -0.376 e. The van der Waals surface area contributed by atoms with Crippen molar-refractivity contribution in [3.05, 3.63) is 35.4 Å². The first-order valence-corrected chi connectivity index (χ1v) is 8.85. The molecule has 0 radical (unpaired) electrons. The molecule has 2 aliphatic rings. The summed E-state index contributed by atoms with van der Waals surface area (Å²) in [4.78, 5) is 15.1. The molecule has 0 saturated carbocycles. The van der Waals surface area contributed by atoms with Gasteiger partial charge in [-0.3, -0.25) is 9.69 Å². The first-order valence-electron chi connectivity index (χ1n) is 8.85. The predicted octanol–water partition coefficient (Wildman–Crippen LogP) is 2.36. The van der Waals surface area contributed by atoms with Gasteiger partial charge in [0, 0.05) is 26.2 Å². The van der Waals surface area contributed by atoms with Crippen LogP contribution in [-0.2, 0) is 22.5 Å². The lowest BCUT2D eigenvalue weighted by molar-refractivity contribution is -0.129. The number of ether oxygens (including phenoxy) is 1. The Balaban J connectivity index is 1.63. The molecule has 2 atom stereocenters. The summed E-state index contributed by atoms with van der Waals surface area (Å²) in [5.74, 6) is 0.444. The zero-order chi connectivity index (χ0) is 16.2. The van der Waals surface area contributed by atoms with Crippen LogP contribution in [0.15, 0.2) is 24.3 Å². The minimum atomic E-state index is -0.0650. The molecule has 0 aromatic heterocycles. The van der Waals surface area contributed by atoms with Crippen molar-refractivity contribution in [2.75, 3.05) is 19.7 Å². The van der Waals surface area contributed by atoms with Gasteiger partial charge in [-0.05, 0) is 36.3 Å². The summed E-state index contributed by atoms with van der Waals surface area (Å²) in [7, 11) is 0. The summed E-state index contributed by atoms with van der Waals surface area (Å²) < 4.78 is 5.61. The van der Waals surface area contributed by atoms with Gasteiger partial charge in [-0.15, -0.1) is 0 Å². The molecule has 2 aliphatic heterocycles. The molecule has 1 aromatic carbocycles. The highest BCUT2D eigenvalue weighted by Gasteiger charge is 2.31. The van der Waals surface area contributed by atoms with Crippen LogP contribution in [0, 0.1) is 5.92 Å². The van der Waals surface area contributed by atoms with Crippen LogP contribution in [0.4, 0.5) is 0 Å². The summed E-state index contributed by atoms with van der Waals surface area (Å²) in [6.45, 7) is 7.57. The number of nitrogens with zero attached hydrogens (tertiary/aromatic N) is 1. The molecule has 3 rings (SSSR count). The van der Waals surface area contributed by atoms with E-state index in [-0.39, 0.29) is 18.1 Å². The van der Waals surface area contributed by atoms with E-state index >= 15 is 0 Å². The molecule has 0 unspecified atom stereocenters. The highest BCUT2D eigenvalue weighted by molar-refractivity contribution is 5.82. The normalized spacial score (nSPS) is 22.8. The van der Waals surface area contributed by atoms with Gasteiger partial charge in [0.15, 0.2) is 0 Å². The van der Waals surface area contributed by atoms with Crippen molar-refractivity contribution in [1.82, 2.24) is 10.2 Å². The second-order valence-electron chi connectivity index (χ2n) is 7.06. The summed E-state index contributed by atoms with van der Waals surface area (Å²) in [6, 6.07) is 8.51. The van der Waals surface area contributed by atoms with Crippen molar-refractivity contribution >= 4 is 5.91 Å². The van der Waals surface area contributed by atoms with Crippen molar-refractivity contribution in [1.29, 1.82) is 0 Å². The van der Waals surface area contributed by atoms with E-state index in [1.165, 1.54) is 11.1 Å². The Labute approximate surface area is 139 Å². The van der Waals surface area contributed by atoms with E-state index in [9.17, 15) is 4.79 Å². The first kappa shape index (κ1) is 16.5. The third kappa shape index (κ3) is 3.93. The van der Waals surface area contributed by atoms with Crippen molar-refractivity contribution in [3.8, 4) is 0 Å². The molecule has 0 aliphatic carbocycles. The molecular formula is C19H28N2O2. The molecular weight excluding hydrogens is 288 g/mol. The molecule has 1 aromatic rings. The first-order chi connectivity index (χ1) is 11.1. The Morgan fingerprint density at radius 3 is 2.83 bits per heavy atom. The van der Waals surface area contributed by atoms with E-state index in [0.29, 0.717) is 12.5 Å².